The van der Waals surface area contributed by atoms with Crippen molar-refractivity contribution >= 4 is 11.4 Å². The highest BCUT2D eigenvalue weighted by Crippen LogP contribution is 2.33. The number of rotatable bonds is 6. The Morgan fingerprint density at radius 1 is 1.32 bits per heavy atom. The molecule has 0 aliphatic carbocycles. The van der Waals surface area contributed by atoms with Gasteiger partial charge in [0.25, 0.3) is 5.69 Å². The van der Waals surface area contributed by atoms with Crippen molar-refractivity contribution in [3.63, 3.8) is 0 Å². The predicted octanol–water partition coefficient (Wildman–Crippen LogP) is 4.05. The fourth-order valence-corrected chi connectivity index (χ4v) is 3.13. The highest BCUT2D eigenvalue weighted by atomic mass is 16.6. The van der Waals surface area contributed by atoms with Crippen molar-refractivity contribution in [2.45, 2.75) is 18.9 Å². The molecule has 1 aliphatic heterocycles. The van der Waals surface area contributed by atoms with Gasteiger partial charge in [0.05, 0.1) is 22.6 Å². The molecule has 1 N–H and O–H groups in total. The van der Waals surface area contributed by atoms with Crippen molar-refractivity contribution in [2.75, 3.05) is 18.5 Å². The van der Waals surface area contributed by atoms with E-state index in [9.17, 15) is 10.1 Å². The van der Waals surface area contributed by atoms with Crippen molar-refractivity contribution in [3.05, 3.63) is 69.8 Å². The first-order valence-corrected chi connectivity index (χ1v) is 8.25. The summed E-state index contributed by atoms with van der Waals surface area (Å²) in [7, 11) is 0. The molecule has 2 aromatic carbocycles. The molecule has 0 amide bonds. The molecule has 6 nitrogen and oxygen atoms in total. The average Bonchev–Trinajstić information content (AvgIpc) is 3.15. The van der Waals surface area contributed by atoms with Gasteiger partial charge in [0.15, 0.2) is 0 Å². The second-order valence-corrected chi connectivity index (χ2v) is 6.17. The highest BCUT2D eigenvalue weighted by Gasteiger charge is 2.24. The van der Waals surface area contributed by atoms with Crippen molar-refractivity contribution in [1.82, 2.24) is 0 Å². The monoisotopic (exact) mass is 337 g/mol. The van der Waals surface area contributed by atoms with Gasteiger partial charge in [-0.1, -0.05) is 30.3 Å². The van der Waals surface area contributed by atoms with Gasteiger partial charge in [-0.25, -0.2) is 0 Å². The largest absolute Gasteiger partial charge is 0.381 e. The van der Waals surface area contributed by atoms with Crippen LogP contribution in [0.1, 0.15) is 30.0 Å². The minimum Gasteiger partial charge on any atom is -0.381 e. The Balaban J connectivity index is 1.89. The van der Waals surface area contributed by atoms with Crippen molar-refractivity contribution in [3.8, 4) is 6.07 Å². The summed E-state index contributed by atoms with van der Waals surface area (Å²) in [5, 5.41) is 23.7. The molecule has 128 valence electrons. The smallest absolute Gasteiger partial charge is 0.293 e. The van der Waals surface area contributed by atoms with Crippen LogP contribution in [0.3, 0.4) is 0 Å². The number of nitro groups is 1. The third-order valence-electron chi connectivity index (χ3n) is 4.45. The summed E-state index contributed by atoms with van der Waals surface area (Å²) in [6.07, 6.45) is 1.83. The number of benzene rings is 2. The van der Waals surface area contributed by atoms with E-state index in [4.69, 9.17) is 10.00 Å². The van der Waals surface area contributed by atoms with E-state index < -0.39 is 4.92 Å². The third kappa shape index (κ3) is 4.14. The quantitative estimate of drug-likeness (QED) is 0.634. The normalized spacial score (nSPS) is 17.6. The SMILES string of the molecule is N#Cc1ccc(NC(CC2CCOC2)c2ccccc2)c([N+](=O)[O-])c1. The van der Waals surface area contributed by atoms with Crippen molar-refractivity contribution in [1.29, 1.82) is 5.26 Å². The molecular weight excluding hydrogens is 318 g/mol. The molecule has 2 atom stereocenters. The van der Waals surface area contributed by atoms with Gasteiger partial charge >= 0.3 is 0 Å². The molecule has 1 saturated heterocycles. The van der Waals surface area contributed by atoms with E-state index in [0.717, 1.165) is 31.6 Å². The van der Waals surface area contributed by atoms with Gasteiger partial charge < -0.3 is 10.1 Å². The van der Waals surface area contributed by atoms with Gasteiger partial charge in [0.2, 0.25) is 0 Å². The molecule has 25 heavy (non-hydrogen) atoms. The third-order valence-corrected chi connectivity index (χ3v) is 4.45. The highest BCUT2D eigenvalue weighted by molar-refractivity contribution is 5.64. The summed E-state index contributed by atoms with van der Waals surface area (Å²) in [4.78, 5) is 10.9. The van der Waals surface area contributed by atoms with E-state index in [1.807, 2.05) is 36.4 Å². The Bertz CT molecular complexity index is 780. The molecule has 0 bridgehead atoms. The Kier molecular flexibility index (Phi) is 5.26. The lowest BCUT2D eigenvalue weighted by Crippen LogP contribution is -2.16. The summed E-state index contributed by atoms with van der Waals surface area (Å²) in [6, 6.07) is 16.3. The van der Waals surface area contributed by atoms with Crippen LogP contribution in [-0.4, -0.2) is 18.1 Å². The van der Waals surface area contributed by atoms with E-state index in [-0.39, 0.29) is 17.3 Å². The summed E-state index contributed by atoms with van der Waals surface area (Å²) in [6.45, 7) is 1.49. The molecule has 2 aromatic rings. The lowest BCUT2D eigenvalue weighted by Gasteiger charge is -2.23. The number of nitriles is 1. The number of anilines is 1. The van der Waals surface area contributed by atoms with Crippen LogP contribution in [0.25, 0.3) is 0 Å². The van der Waals surface area contributed by atoms with Gasteiger partial charge in [-0.3, -0.25) is 10.1 Å². The van der Waals surface area contributed by atoms with Gasteiger partial charge in [-0.05, 0) is 36.5 Å². The number of ether oxygens (including phenoxy) is 1. The van der Waals surface area contributed by atoms with E-state index in [1.54, 1.807) is 12.1 Å². The minimum atomic E-state index is -0.454. The zero-order chi connectivity index (χ0) is 17.6. The molecule has 3 rings (SSSR count). The first kappa shape index (κ1) is 16.9. The summed E-state index contributed by atoms with van der Waals surface area (Å²) in [5.41, 5.74) is 1.70. The van der Waals surface area contributed by atoms with E-state index in [0.29, 0.717) is 11.6 Å². The molecular formula is C19H19N3O3. The Morgan fingerprint density at radius 2 is 2.12 bits per heavy atom. The molecule has 0 radical (unpaired) electrons. The lowest BCUT2D eigenvalue weighted by atomic mass is 9.94. The number of nitro benzene ring substituents is 1. The molecule has 1 aliphatic rings. The Morgan fingerprint density at radius 3 is 2.76 bits per heavy atom. The van der Waals surface area contributed by atoms with Gasteiger partial charge in [-0.2, -0.15) is 5.26 Å². The number of nitrogens with zero attached hydrogens (tertiary/aromatic N) is 2. The average molecular weight is 337 g/mol. The second-order valence-electron chi connectivity index (χ2n) is 6.17. The van der Waals surface area contributed by atoms with Crippen LogP contribution in [0, 0.1) is 27.4 Å². The standard InChI is InChI=1S/C19H19N3O3/c20-12-14-6-7-17(19(11-14)22(23)24)21-18(10-15-8-9-25-13-15)16-4-2-1-3-5-16/h1-7,11,15,18,21H,8-10,13H2. The first-order chi connectivity index (χ1) is 12.2. The topological polar surface area (TPSA) is 88.2 Å². The van der Waals surface area contributed by atoms with Crippen LogP contribution < -0.4 is 5.32 Å². The van der Waals surface area contributed by atoms with Gasteiger partial charge in [-0.15, -0.1) is 0 Å². The summed E-state index contributed by atoms with van der Waals surface area (Å²) < 4.78 is 5.46. The van der Waals surface area contributed by atoms with Crippen molar-refractivity contribution in [2.24, 2.45) is 5.92 Å². The zero-order valence-electron chi connectivity index (χ0n) is 13.7. The Hall–Kier alpha value is -2.91. The van der Waals surface area contributed by atoms with Crippen LogP contribution in [-0.2, 0) is 4.74 Å². The summed E-state index contributed by atoms with van der Waals surface area (Å²) in [5.74, 6) is 0.426. The maximum atomic E-state index is 11.4. The number of hydrogen-bond acceptors (Lipinski definition) is 5. The molecule has 1 fully saturated rings. The van der Waals surface area contributed by atoms with Crippen molar-refractivity contribution < 1.29 is 9.66 Å². The number of hydrogen-bond donors (Lipinski definition) is 1. The molecule has 6 heteroatoms. The fourth-order valence-electron chi connectivity index (χ4n) is 3.13. The molecule has 0 spiro atoms. The molecule has 2 unspecified atom stereocenters. The zero-order valence-corrected chi connectivity index (χ0v) is 13.7. The van der Waals surface area contributed by atoms with Gasteiger partial charge in [0.1, 0.15) is 5.69 Å². The van der Waals surface area contributed by atoms with Crippen LogP contribution >= 0.6 is 0 Å². The van der Waals surface area contributed by atoms with Crippen LogP contribution in [0.15, 0.2) is 48.5 Å². The maximum absolute atomic E-state index is 11.4. The van der Waals surface area contributed by atoms with E-state index in [2.05, 4.69) is 5.32 Å². The lowest BCUT2D eigenvalue weighted by molar-refractivity contribution is -0.384. The Labute approximate surface area is 146 Å². The molecule has 0 saturated carbocycles. The van der Waals surface area contributed by atoms with Crippen LogP contribution in [0.2, 0.25) is 0 Å². The maximum Gasteiger partial charge on any atom is 0.293 e. The fraction of sp³-hybridized carbons (Fsp3) is 0.316. The van der Waals surface area contributed by atoms with Gasteiger partial charge in [0, 0.05) is 19.3 Å². The molecule has 0 aromatic heterocycles. The number of nitrogens with one attached hydrogen (secondary N) is 1. The minimum absolute atomic E-state index is 0.0560. The van der Waals surface area contributed by atoms with Crippen LogP contribution in [0.5, 0.6) is 0 Å². The summed E-state index contributed by atoms with van der Waals surface area (Å²) >= 11 is 0. The molecule has 1 heterocycles. The first-order valence-electron chi connectivity index (χ1n) is 8.25. The predicted molar refractivity (Wildman–Crippen MR) is 94.2 cm³/mol. The van der Waals surface area contributed by atoms with Crippen LogP contribution in [0.4, 0.5) is 11.4 Å². The van der Waals surface area contributed by atoms with E-state index in [1.165, 1.54) is 6.07 Å². The second kappa shape index (κ2) is 7.77. The van der Waals surface area contributed by atoms with E-state index >= 15 is 0 Å².